The van der Waals surface area contributed by atoms with E-state index in [9.17, 15) is 4.79 Å². The van der Waals surface area contributed by atoms with Crippen LogP contribution < -0.4 is 14.8 Å². The molecule has 8 heteroatoms. The summed E-state index contributed by atoms with van der Waals surface area (Å²) in [6.45, 7) is 7.77. The molecule has 0 unspecified atom stereocenters. The second kappa shape index (κ2) is 6.88. The van der Waals surface area contributed by atoms with Crippen LogP contribution in [-0.2, 0) is 9.53 Å². The largest absolute Gasteiger partial charge is 0.467 e. The Hall–Kier alpha value is -2.12. The molecule has 0 saturated carbocycles. The van der Waals surface area contributed by atoms with E-state index in [-0.39, 0.29) is 18.0 Å². The summed E-state index contributed by atoms with van der Waals surface area (Å²) in [5.41, 5.74) is -0.983. The molecule has 0 aliphatic carbocycles. The molecule has 20 heavy (non-hydrogen) atoms. The molecule has 1 aromatic heterocycles. The Morgan fingerprint density at radius 1 is 1.10 bits per heavy atom. The van der Waals surface area contributed by atoms with Gasteiger partial charge < -0.3 is 19.5 Å². The molecular formula is C12H20N4O4. The Morgan fingerprint density at radius 2 is 1.60 bits per heavy atom. The highest BCUT2D eigenvalue weighted by Gasteiger charge is 2.30. The topological polar surface area (TPSA) is 95.5 Å². The van der Waals surface area contributed by atoms with Crippen LogP contribution in [0.2, 0.25) is 0 Å². The minimum absolute atomic E-state index is 0.133. The van der Waals surface area contributed by atoms with E-state index in [1.165, 1.54) is 7.11 Å². The number of anilines is 1. The molecule has 0 amide bonds. The number of nitrogens with one attached hydrogen (secondary N) is 1. The zero-order chi connectivity index (χ0) is 15.2. The maximum absolute atomic E-state index is 11.6. The lowest BCUT2D eigenvalue weighted by molar-refractivity contribution is -0.144. The molecule has 1 aromatic rings. The normalized spacial score (nSPS) is 10.8. The van der Waals surface area contributed by atoms with Crippen molar-refractivity contribution in [3.8, 4) is 12.0 Å². The number of hydrogen-bond donors (Lipinski definition) is 1. The number of carbonyl (C=O) groups is 1. The third-order valence-electron chi connectivity index (χ3n) is 2.26. The first kappa shape index (κ1) is 15.9. The molecule has 0 aliphatic rings. The Labute approximate surface area is 117 Å². The van der Waals surface area contributed by atoms with Gasteiger partial charge in [-0.25, -0.2) is 4.79 Å². The van der Waals surface area contributed by atoms with Crippen LogP contribution in [0, 0.1) is 0 Å². The number of carbonyl (C=O) groups excluding carboxylic acids is 1. The molecule has 0 aliphatic heterocycles. The Balaban J connectivity index is 3.01. The van der Waals surface area contributed by atoms with Crippen LogP contribution in [0.25, 0.3) is 0 Å². The Morgan fingerprint density at radius 3 is 2.00 bits per heavy atom. The van der Waals surface area contributed by atoms with Crippen LogP contribution in [0.15, 0.2) is 0 Å². The van der Waals surface area contributed by atoms with E-state index in [1.807, 2.05) is 13.8 Å². The summed E-state index contributed by atoms with van der Waals surface area (Å²) in [5, 5.41) is 2.87. The number of hydrogen-bond acceptors (Lipinski definition) is 8. The van der Waals surface area contributed by atoms with Crippen molar-refractivity contribution in [2.75, 3.05) is 25.6 Å². The van der Waals surface area contributed by atoms with Crippen molar-refractivity contribution in [2.45, 2.75) is 33.2 Å². The smallest absolute Gasteiger partial charge is 0.330 e. The van der Waals surface area contributed by atoms with Crippen molar-refractivity contribution in [2.24, 2.45) is 0 Å². The van der Waals surface area contributed by atoms with E-state index in [2.05, 4.69) is 20.3 Å². The predicted octanol–water partition coefficient (Wildman–Crippen LogP) is 1.03. The predicted molar refractivity (Wildman–Crippen MR) is 71.9 cm³/mol. The van der Waals surface area contributed by atoms with Gasteiger partial charge >= 0.3 is 18.0 Å². The fourth-order valence-electron chi connectivity index (χ4n) is 1.37. The minimum Gasteiger partial charge on any atom is -0.467 e. The molecule has 0 atom stereocenters. The van der Waals surface area contributed by atoms with Crippen molar-refractivity contribution >= 4 is 11.9 Å². The van der Waals surface area contributed by atoms with Crippen molar-refractivity contribution < 1.29 is 19.0 Å². The Kier molecular flexibility index (Phi) is 5.48. The van der Waals surface area contributed by atoms with Gasteiger partial charge in [0.2, 0.25) is 5.95 Å². The van der Waals surface area contributed by atoms with Crippen molar-refractivity contribution in [3.63, 3.8) is 0 Å². The maximum Gasteiger partial charge on any atom is 0.330 e. The summed E-state index contributed by atoms with van der Waals surface area (Å²) in [4.78, 5) is 23.8. The summed E-state index contributed by atoms with van der Waals surface area (Å²) in [6, 6.07) is 0.267. The molecule has 0 saturated heterocycles. The molecular weight excluding hydrogens is 264 g/mol. The van der Waals surface area contributed by atoms with Gasteiger partial charge in [0.15, 0.2) is 0 Å². The standard InChI is InChI=1S/C12H20N4O4/c1-6-19-10-13-9(14-11(15-10)20-7-2)16-12(3,4)8(17)18-5/h6-7H2,1-5H3,(H,13,14,15,16). The quantitative estimate of drug-likeness (QED) is 0.742. The van der Waals surface area contributed by atoms with Gasteiger partial charge in [0.05, 0.1) is 20.3 Å². The molecule has 1 rings (SSSR count). The first-order chi connectivity index (χ1) is 9.42. The molecule has 0 radical (unpaired) electrons. The van der Waals surface area contributed by atoms with E-state index in [4.69, 9.17) is 14.2 Å². The number of nitrogens with zero attached hydrogens (tertiary/aromatic N) is 3. The van der Waals surface area contributed by atoms with Gasteiger partial charge in [-0.3, -0.25) is 0 Å². The van der Waals surface area contributed by atoms with Crippen LogP contribution in [0.1, 0.15) is 27.7 Å². The average molecular weight is 284 g/mol. The number of rotatable bonds is 7. The molecule has 1 heterocycles. The third kappa shape index (κ3) is 4.22. The lowest BCUT2D eigenvalue weighted by Crippen LogP contribution is -2.41. The number of ether oxygens (including phenoxy) is 3. The lowest BCUT2D eigenvalue weighted by atomic mass is 10.1. The third-order valence-corrected chi connectivity index (χ3v) is 2.26. The number of esters is 1. The number of methoxy groups -OCH3 is 1. The molecule has 0 aromatic carbocycles. The van der Waals surface area contributed by atoms with Crippen LogP contribution in [0.3, 0.4) is 0 Å². The van der Waals surface area contributed by atoms with Crippen LogP contribution >= 0.6 is 0 Å². The molecule has 112 valence electrons. The van der Waals surface area contributed by atoms with Gasteiger partial charge in [0, 0.05) is 0 Å². The summed E-state index contributed by atoms with van der Waals surface area (Å²) >= 11 is 0. The molecule has 0 fully saturated rings. The first-order valence-corrected chi connectivity index (χ1v) is 6.31. The van der Waals surface area contributed by atoms with Crippen molar-refractivity contribution in [1.82, 2.24) is 15.0 Å². The first-order valence-electron chi connectivity index (χ1n) is 6.31. The van der Waals surface area contributed by atoms with E-state index in [0.29, 0.717) is 13.2 Å². The second-order valence-corrected chi connectivity index (χ2v) is 4.33. The van der Waals surface area contributed by atoms with Gasteiger partial charge in [0.1, 0.15) is 5.54 Å². The SMILES string of the molecule is CCOc1nc(NC(C)(C)C(=O)OC)nc(OCC)n1. The molecule has 0 spiro atoms. The fraction of sp³-hybridized carbons (Fsp3) is 0.667. The monoisotopic (exact) mass is 284 g/mol. The van der Waals surface area contributed by atoms with Crippen LogP contribution in [-0.4, -0.2) is 46.8 Å². The van der Waals surface area contributed by atoms with E-state index in [1.54, 1.807) is 13.8 Å². The van der Waals surface area contributed by atoms with Crippen molar-refractivity contribution in [3.05, 3.63) is 0 Å². The van der Waals surface area contributed by atoms with E-state index < -0.39 is 11.5 Å². The summed E-state index contributed by atoms with van der Waals surface area (Å²) in [6.07, 6.45) is 0. The zero-order valence-electron chi connectivity index (χ0n) is 12.4. The fourth-order valence-corrected chi connectivity index (χ4v) is 1.37. The molecule has 1 N–H and O–H groups in total. The Bertz CT molecular complexity index is 441. The highest BCUT2D eigenvalue weighted by molar-refractivity contribution is 5.82. The second-order valence-electron chi connectivity index (χ2n) is 4.33. The van der Waals surface area contributed by atoms with Gasteiger partial charge in [-0.2, -0.15) is 9.97 Å². The highest BCUT2D eigenvalue weighted by atomic mass is 16.5. The zero-order valence-corrected chi connectivity index (χ0v) is 12.4. The summed E-state index contributed by atoms with van der Waals surface area (Å²) in [7, 11) is 1.32. The molecule has 8 nitrogen and oxygen atoms in total. The highest BCUT2D eigenvalue weighted by Crippen LogP contribution is 2.17. The van der Waals surface area contributed by atoms with Crippen molar-refractivity contribution in [1.29, 1.82) is 0 Å². The summed E-state index contributed by atoms with van der Waals surface area (Å²) < 4.78 is 15.2. The van der Waals surface area contributed by atoms with E-state index in [0.717, 1.165) is 0 Å². The average Bonchev–Trinajstić information content (AvgIpc) is 2.37. The van der Waals surface area contributed by atoms with E-state index >= 15 is 0 Å². The van der Waals surface area contributed by atoms with Crippen LogP contribution in [0.5, 0.6) is 12.0 Å². The van der Waals surface area contributed by atoms with Gasteiger partial charge in [-0.05, 0) is 27.7 Å². The number of aromatic nitrogens is 3. The van der Waals surface area contributed by atoms with Gasteiger partial charge in [-0.1, -0.05) is 0 Å². The lowest BCUT2D eigenvalue weighted by Gasteiger charge is -2.23. The molecule has 0 bridgehead atoms. The van der Waals surface area contributed by atoms with Gasteiger partial charge in [-0.15, -0.1) is 4.98 Å². The van der Waals surface area contributed by atoms with Crippen LogP contribution in [0.4, 0.5) is 5.95 Å². The van der Waals surface area contributed by atoms with Gasteiger partial charge in [0.25, 0.3) is 0 Å². The maximum atomic E-state index is 11.6. The summed E-state index contributed by atoms with van der Waals surface area (Å²) in [5.74, 6) is -0.254. The minimum atomic E-state index is -0.983.